The van der Waals surface area contributed by atoms with Crippen molar-refractivity contribution in [1.82, 2.24) is 9.80 Å². The summed E-state index contributed by atoms with van der Waals surface area (Å²) in [6, 6.07) is -0.586. The maximum Gasteiger partial charge on any atom is 0.252 e. The van der Waals surface area contributed by atoms with Crippen molar-refractivity contribution in [2.24, 2.45) is 0 Å². The van der Waals surface area contributed by atoms with E-state index in [4.69, 9.17) is 4.74 Å². The minimum Gasteiger partial charge on any atom is -0.380 e. The highest BCUT2D eigenvalue weighted by molar-refractivity contribution is 5.98. The number of piperazine rings is 1. The molecule has 3 saturated heterocycles. The molecule has 6 nitrogen and oxygen atoms in total. The minimum atomic E-state index is -0.325. The van der Waals surface area contributed by atoms with E-state index in [1.165, 1.54) is 0 Å². The average Bonchev–Trinajstić information content (AvgIpc) is 2.90. The number of methoxy groups -OCH3 is 1. The van der Waals surface area contributed by atoms with Gasteiger partial charge in [-0.05, 0) is 0 Å². The number of nitrogens with zero attached hydrogens (tertiary/aromatic N) is 2. The molecule has 0 aliphatic carbocycles. The Balaban J connectivity index is 1.90. The molecule has 4 atom stereocenters. The van der Waals surface area contributed by atoms with E-state index in [0.29, 0.717) is 19.5 Å². The number of rotatable bonds is 1. The van der Waals surface area contributed by atoms with Gasteiger partial charge >= 0.3 is 0 Å². The van der Waals surface area contributed by atoms with Gasteiger partial charge in [-0.3, -0.25) is 9.59 Å². The van der Waals surface area contributed by atoms with E-state index >= 15 is 0 Å². The van der Waals surface area contributed by atoms with E-state index in [2.05, 4.69) is 5.73 Å². The molecule has 3 aliphatic rings. The van der Waals surface area contributed by atoms with E-state index < -0.39 is 0 Å². The SMILES string of the molecule is CO[C@@H]1C[C@H]2C(=O)N3CC[C@H]([NH3+])[C@H]3C(=O)N2C1. The van der Waals surface area contributed by atoms with Gasteiger partial charge in [0.1, 0.15) is 12.1 Å². The second kappa shape index (κ2) is 3.68. The van der Waals surface area contributed by atoms with Crippen LogP contribution in [-0.2, 0) is 14.3 Å². The minimum absolute atomic E-state index is 0.00353. The Hall–Kier alpha value is -1.14. The second-order valence-electron chi connectivity index (χ2n) is 5.13. The van der Waals surface area contributed by atoms with Crippen molar-refractivity contribution in [3.8, 4) is 0 Å². The van der Waals surface area contributed by atoms with E-state index in [0.717, 1.165) is 6.42 Å². The molecule has 0 unspecified atom stereocenters. The zero-order valence-corrected chi connectivity index (χ0v) is 9.96. The molecule has 3 fully saturated rings. The molecule has 0 saturated carbocycles. The quantitative estimate of drug-likeness (QED) is 0.566. The fraction of sp³-hybridized carbons (Fsp3) is 0.818. The molecule has 6 heteroatoms. The van der Waals surface area contributed by atoms with Crippen LogP contribution in [0.15, 0.2) is 0 Å². The molecule has 94 valence electrons. The number of carbonyl (C=O) groups excluding carboxylic acids is 2. The summed E-state index contributed by atoms with van der Waals surface area (Å²) in [4.78, 5) is 28.0. The van der Waals surface area contributed by atoms with Crippen molar-refractivity contribution < 1.29 is 20.1 Å². The molecular weight excluding hydrogens is 222 g/mol. The van der Waals surface area contributed by atoms with Crippen molar-refractivity contribution >= 4 is 11.8 Å². The van der Waals surface area contributed by atoms with Gasteiger partial charge in [0.25, 0.3) is 5.91 Å². The Bertz CT molecular complexity index is 373. The Morgan fingerprint density at radius 1 is 1.29 bits per heavy atom. The van der Waals surface area contributed by atoms with Gasteiger partial charge in [-0.2, -0.15) is 0 Å². The molecule has 3 N–H and O–H groups in total. The number of hydrogen-bond acceptors (Lipinski definition) is 3. The molecule has 3 rings (SSSR count). The lowest BCUT2D eigenvalue weighted by Crippen LogP contribution is -2.72. The lowest BCUT2D eigenvalue weighted by molar-refractivity contribution is -0.420. The standard InChI is InChI=1S/C11H17N3O3/c1-17-6-4-8-10(15)13-3-2-7(12)9(13)11(16)14(8)5-6/h6-9H,2-5,12H2,1H3/p+1/t6-,7+,8+,9+/m1/s1. The topological polar surface area (TPSA) is 77.5 Å². The molecule has 3 heterocycles. The summed E-state index contributed by atoms with van der Waals surface area (Å²) in [6.45, 7) is 1.22. The van der Waals surface area contributed by atoms with Crippen LogP contribution in [-0.4, -0.2) is 66.0 Å². The maximum absolute atomic E-state index is 12.3. The van der Waals surface area contributed by atoms with E-state index in [9.17, 15) is 9.59 Å². The number of amides is 2. The molecule has 2 amide bonds. The Morgan fingerprint density at radius 2 is 2.06 bits per heavy atom. The summed E-state index contributed by atoms with van der Waals surface area (Å²) >= 11 is 0. The third kappa shape index (κ3) is 1.40. The van der Waals surface area contributed by atoms with E-state index in [1.54, 1.807) is 16.9 Å². The van der Waals surface area contributed by atoms with Crippen molar-refractivity contribution in [1.29, 1.82) is 0 Å². The number of fused-ring (bicyclic) bond motifs is 2. The predicted octanol–water partition coefficient (Wildman–Crippen LogP) is -2.17. The molecule has 0 aromatic heterocycles. The first-order valence-corrected chi connectivity index (χ1v) is 6.10. The van der Waals surface area contributed by atoms with Crippen LogP contribution in [0, 0.1) is 0 Å². The lowest BCUT2D eigenvalue weighted by Gasteiger charge is -2.38. The fourth-order valence-electron chi connectivity index (χ4n) is 3.25. The second-order valence-corrected chi connectivity index (χ2v) is 5.13. The van der Waals surface area contributed by atoms with Crippen LogP contribution in [0.1, 0.15) is 12.8 Å². The van der Waals surface area contributed by atoms with Crippen molar-refractivity contribution in [3.05, 3.63) is 0 Å². The van der Waals surface area contributed by atoms with Crippen LogP contribution in [0.25, 0.3) is 0 Å². The fourth-order valence-corrected chi connectivity index (χ4v) is 3.25. The van der Waals surface area contributed by atoms with Crippen LogP contribution < -0.4 is 5.73 Å². The predicted molar refractivity (Wildman–Crippen MR) is 57.7 cm³/mol. The highest BCUT2D eigenvalue weighted by Gasteiger charge is 2.55. The van der Waals surface area contributed by atoms with E-state index in [-0.39, 0.29) is 36.0 Å². The number of ether oxygens (including phenoxy) is 1. The van der Waals surface area contributed by atoms with Crippen LogP contribution in [0.3, 0.4) is 0 Å². The number of quaternary nitrogens is 1. The Morgan fingerprint density at radius 3 is 2.76 bits per heavy atom. The molecule has 3 aliphatic heterocycles. The molecule has 0 bridgehead atoms. The molecule has 0 aromatic rings. The van der Waals surface area contributed by atoms with E-state index in [1.807, 2.05) is 0 Å². The van der Waals surface area contributed by atoms with Gasteiger partial charge in [0.05, 0.1) is 6.10 Å². The molecule has 0 spiro atoms. The molecular formula is C11H18N3O3+. The number of carbonyl (C=O) groups is 2. The Kier molecular flexibility index (Phi) is 2.38. The monoisotopic (exact) mass is 240 g/mol. The summed E-state index contributed by atoms with van der Waals surface area (Å²) in [5.41, 5.74) is 3.99. The maximum atomic E-state index is 12.3. The smallest absolute Gasteiger partial charge is 0.252 e. The third-order valence-corrected chi connectivity index (χ3v) is 4.22. The third-order valence-electron chi connectivity index (χ3n) is 4.22. The van der Waals surface area contributed by atoms with Gasteiger partial charge in [0, 0.05) is 33.0 Å². The lowest BCUT2D eigenvalue weighted by atomic mass is 10.0. The van der Waals surface area contributed by atoms with Crippen molar-refractivity contribution in [3.63, 3.8) is 0 Å². The summed E-state index contributed by atoms with van der Waals surface area (Å²) in [6.07, 6.45) is 1.46. The summed E-state index contributed by atoms with van der Waals surface area (Å²) in [7, 11) is 1.63. The summed E-state index contributed by atoms with van der Waals surface area (Å²) in [5.74, 6) is 0.145. The van der Waals surface area contributed by atoms with Gasteiger partial charge in [-0.25, -0.2) is 0 Å². The van der Waals surface area contributed by atoms with Gasteiger partial charge < -0.3 is 20.3 Å². The first kappa shape index (κ1) is 11.0. The van der Waals surface area contributed by atoms with Crippen LogP contribution in [0.4, 0.5) is 0 Å². The summed E-state index contributed by atoms with van der Waals surface area (Å²) < 4.78 is 5.27. The number of hydrogen-bond donors (Lipinski definition) is 1. The molecule has 17 heavy (non-hydrogen) atoms. The van der Waals surface area contributed by atoms with Gasteiger partial charge in [-0.15, -0.1) is 0 Å². The molecule has 0 aromatic carbocycles. The van der Waals surface area contributed by atoms with Crippen LogP contribution in [0.5, 0.6) is 0 Å². The van der Waals surface area contributed by atoms with Gasteiger partial charge in [0.15, 0.2) is 6.04 Å². The average molecular weight is 240 g/mol. The van der Waals surface area contributed by atoms with Crippen molar-refractivity contribution in [2.75, 3.05) is 20.2 Å². The highest BCUT2D eigenvalue weighted by atomic mass is 16.5. The van der Waals surface area contributed by atoms with Gasteiger partial charge in [0.2, 0.25) is 5.91 Å². The van der Waals surface area contributed by atoms with Crippen LogP contribution in [0.2, 0.25) is 0 Å². The van der Waals surface area contributed by atoms with Crippen LogP contribution >= 0.6 is 0 Å². The van der Waals surface area contributed by atoms with Crippen molar-refractivity contribution in [2.45, 2.75) is 37.1 Å². The van der Waals surface area contributed by atoms with Gasteiger partial charge in [-0.1, -0.05) is 0 Å². The zero-order valence-electron chi connectivity index (χ0n) is 9.96. The Labute approximate surface area is 99.7 Å². The zero-order chi connectivity index (χ0) is 12.2. The first-order valence-electron chi connectivity index (χ1n) is 6.10. The normalized spacial score (nSPS) is 40.8. The summed E-state index contributed by atoms with van der Waals surface area (Å²) in [5, 5.41) is 0. The molecule has 0 radical (unpaired) electrons. The largest absolute Gasteiger partial charge is 0.380 e. The highest BCUT2D eigenvalue weighted by Crippen LogP contribution is 2.31. The first-order chi connectivity index (χ1) is 8.13.